The van der Waals surface area contributed by atoms with Gasteiger partial charge >= 0.3 is 29.8 Å². The molecule has 382 valence electrons. The van der Waals surface area contributed by atoms with Crippen LogP contribution in [0.1, 0.15) is 27.8 Å². The second kappa shape index (κ2) is 26.9. The number of nitrogens with one attached hydrogen (secondary N) is 4. The first-order valence-corrected chi connectivity index (χ1v) is 23.5. The summed E-state index contributed by atoms with van der Waals surface area (Å²) < 4.78 is 0.982. The fourth-order valence-electron chi connectivity index (χ4n) is 7.48. The number of fused-ring (bicyclic) bond motifs is 4. The van der Waals surface area contributed by atoms with Crippen LogP contribution in [-0.2, 0) is 56.1 Å². The molecule has 4 aromatic heterocycles. The number of hydrogen-bond donors (Lipinski definition) is 14. The maximum absolute atomic E-state index is 10.7. The lowest BCUT2D eigenvalue weighted by atomic mass is 10.1. The lowest BCUT2D eigenvalue weighted by Crippen LogP contribution is -2.32. The highest BCUT2D eigenvalue weighted by Crippen LogP contribution is 2.24. The zero-order valence-corrected chi connectivity index (χ0v) is 40.9. The van der Waals surface area contributed by atoms with Gasteiger partial charge in [0.15, 0.2) is 0 Å². The van der Waals surface area contributed by atoms with E-state index in [1.54, 1.807) is 6.20 Å². The molecule has 0 bridgehead atoms. The van der Waals surface area contributed by atoms with E-state index < -0.39 is 60.1 Å². The summed E-state index contributed by atoms with van der Waals surface area (Å²) in [7, 11) is 0. The summed E-state index contributed by atoms with van der Waals surface area (Å²) in [4.78, 5) is 65.3. The highest BCUT2D eigenvalue weighted by Gasteiger charge is 2.18. The van der Waals surface area contributed by atoms with E-state index in [2.05, 4.69) is 35.9 Å². The van der Waals surface area contributed by atoms with E-state index in [1.807, 2.05) is 140 Å². The molecule has 0 amide bonds. The smallest absolute Gasteiger partial charge is 0.320 e. The summed E-state index contributed by atoms with van der Waals surface area (Å²) in [5, 5.41) is 47.5. The van der Waals surface area contributed by atoms with Gasteiger partial charge in [0.25, 0.3) is 0 Å². The Morgan fingerprint density at radius 3 is 0.973 bits per heavy atom. The number of aromatic amines is 4. The van der Waals surface area contributed by atoms with Crippen molar-refractivity contribution in [3.8, 4) is 0 Å². The molecule has 0 fully saturated rings. The molecule has 0 aliphatic rings. The molecule has 0 unspecified atom stereocenters. The van der Waals surface area contributed by atoms with Crippen molar-refractivity contribution < 1.29 is 49.5 Å². The molecule has 9 aromatic rings. The molecule has 4 heterocycles. The Morgan fingerprint density at radius 2 is 0.644 bits per heavy atom. The Kier molecular flexibility index (Phi) is 20.6. The third-order valence-electron chi connectivity index (χ3n) is 11.4. The molecule has 5 atom stereocenters. The predicted octanol–water partition coefficient (Wildman–Crippen LogP) is 5.89. The van der Waals surface area contributed by atoms with Gasteiger partial charge in [0, 0.05) is 98.6 Å². The summed E-state index contributed by atoms with van der Waals surface area (Å²) in [6.07, 6.45) is 9.00. The summed E-state index contributed by atoms with van der Waals surface area (Å²) in [6.45, 7) is 0. The van der Waals surface area contributed by atoms with Crippen molar-refractivity contribution in [2.45, 2.75) is 62.3 Å². The van der Waals surface area contributed by atoms with Crippen LogP contribution in [0.25, 0.3) is 43.6 Å². The number of hydrogen-bond acceptors (Lipinski definition) is 10. The summed E-state index contributed by atoms with van der Waals surface area (Å²) in [5.41, 5.74) is 36.0. The van der Waals surface area contributed by atoms with Gasteiger partial charge in [0.2, 0.25) is 0 Å². The minimum atomic E-state index is -0.980. The van der Waals surface area contributed by atoms with Gasteiger partial charge in [0.05, 0.1) is 0 Å². The summed E-state index contributed by atoms with van der Waals surface area (Å²) in [6, 6.07) is 34.2. The molecule has 19 nitrogen and oxygen atoms in total. The van der Waals surface area contributed by atoms with Crippen LogP contribution in [0.4, 0.5) is 0 Å². The third-order valence-corrected chi connectivity index (χ3v) is 11.9. The van der Waals surface area contributed by atoms with Crippen LogP contribution in [0.15, 0.2) is 151 Å². The minimum absolute atomic E-state index is 0.330. The molecular weight excluding hydrogens is 1000 g/mol. The van der Waals surface area contributed by atoms with Crippen LogP contribution in [0, 0.1) is 0 Å². The summed E-state index contributed by atoms with van der Waals surface area (Å²) >= 11 is 3.38. The van der Waals surface area contributed by atoms with Crippen LogP contribution in [0.3, 0.4) is 0 Å². The number of para-hydroxylation sites is 3. The Bertz CT molecular complexity index is 3040. The third kappa shape index (κ3) is 16.5. The molecule has 20 heteroatoms. The van der Waals surface area contributed by atoms with Crippen molar-refractivity contribution in [1.82, 2.24) is 19.9 Å². The Hall–Kier alpha value is -8.11. The topological polar surface area (TPSA) is 380 Å². The Labute approximate surface area is 426 Å². The second-order valence-corrected chi connectivity index (χ2v) is 17.7. The number of carbonyl (C=O) groups is 5. The van der Waals surface area contributed by atoms with E-state index in [0.717, 1.165) is 75.9 Å². The standard InChI is InChI=1S/C11H11BrN2O2.3C11H12N2O2.C9H11NO2/c12-7-1-2-8-6(3-9(13)11(15)16)5-14-10(8)4-7;3*12-9(11(14)15)5-7-6-13-10-4-2-1-3-8(7)10;10-8(9(11)12)6-7-4-2-1-3-5-7/h1-2,4-5,9,14H,3,13H2,(H,15,16);3*1-4,6,9,13H,5,12H2,(H,14,15);1-5,8H,6,10H2,(H,11,12)/t4*9-;8-/m00000/s1. The molecule has 0 spiro atoms. The van der Waals surface area contributed by atoms with Gasteiger partial charge in [0.1, 0.15) is 30.2 Å². The van der Waals surface area contributed by atoms with Gasteiger partial charge in [-0.2, -0.15) is 0 Å². The van der Waals surface area contributed by atoms with Crippen molar-refractivity contribution >= 4 is 89.4 Å². The first kappa shape index (κ1) is 55.8. The minimum Gasteiger partial charge on any atom is -0.480 e. The Balaban J connectivity index is 0.000000170. The normalized spacial score (nSPS) is 12.8. The van der Waals surface area contributed by atoms with Crippen LogP contribution in [0.5, 0.6) is 0 Å². The monoisotopic (exact) mass is 1060 g/mol. The fraction of sp³-hybridized carbons (Fsp3) is 0.189. The average molecular weight is 1060 g/mol. The number of rotatable bonds is 15. The number of carboxylic acids is 5. The van der Waals surface area contributed by atoms with Gasteiger partial charge in [-0.3, -0.25) is 24.0 Å². The van der Waals surface area contributed by atoms with Crippen molar-refractivity contribution in [2.75, 3.05) is 0 Å². The number of aromatic nitrogens is 4. The molecule has 9 rings (SSSR count). The maximum Gasteiger partial charge on any atom is 0.320 e. The number of benzene rings is 5. The molecule has 0 aliphatic heterocycles. The molecule has 5 aromatic carbocycles. The molecule has 73 heavy (non-hydrogen) atoms. The second-order valence-electron chi connectivity index (χ2n) is 16.8. The zero-order valence-electron chi connectivity index (χ0n) is 39.3. The molecule has 0 aliphatic carbocycles. The maximum atomic E-state index is 10.7. The van der Waals surface area contributed by atoms with Crippen molar-refractivity contribution in [3.05, 3.63) is 178 Å². The van der Waals surface area contributed by atoms with Gasteiger partial charge in [-0.05, 0) is 64.6 Å². The van der Waals surface area contributed by atoms with Gasteiger partial charge in [-0.15, -0.1) is 0 Å². The number of aliphatic carboxylic acids is 5. The highest BCUT2D eigenvalue weighted by atomic mass is 79.9. The number of nitrogens with two attached hydrogens (primary N) is 5. The van der Waals surface area contributed by atoms with Crippen LogP contribution < -0.4 is 28.7 Å². The average Bonchev–Trinajstić information content (AvgIpc) is 4.18. The number of H-pyrrole nitrogens is 4. The van der Waals surface area contributed by atoms with E-state index in [1.165, 1.54) is 0 Å². The van der Waals surface area contributed by atoms with Crippen LogP contribution >= 0.6 is 15.9 Å². The van der Waals surface area contributed by atoms with Gasteiger partial charge in [-0.1, -0.05) is 107 Å². The highest BCUT2D eigenvalue weighted by molar-refractivity contribution is 9.10. The summed E-state index contributed by atoms with van der Waals surface area (Å²) in [5.74, 6) is -4.86. The van der Waals surface area contributed by atoms with Crippen molar-refractivity contribution in [3.63, 3.8) is 0 Å². The quantitative estimate of drug-likeness (QED) is 0.0569. The largest absolute Gasteiger partial charge is 0.480 e. The van der Waals surface area contributed by atoms with E-state index in [9.17, 15) is 24.0 Å². The zero-order chi connectivity index (χ0) is 53.2. The van der Waals surface area contributed by atoms with E-state index in [-0.39, 0.29) is 0 Å². The van der Waals surface area contributed by atoms with Gasteiger partial charge < -0.3 is 74.1 Å². The van der Waals surface area contributed by atoms with E-state index in [0.29, 0.717) is 32.1 Å². The van der Waals surface area contributed by atoms with Crippen molar-refractivity contribution in [1.29, 1.82) is 0 Å². The van der Waals surface area contributed by atoms with E-state index in [4.69, 9.17) is 54.2 Å². The fourth-order valence-corrected chi connectivity index (χ4v) is 7.84. The predicted molar refractivity (Wildman–Crippen MR) is 284 cm³/mol. The SMILES string of the molecule is N[C@@H](Cc1c[nH]c2cc(Br)ccc12)C(=O)O.N[C@@H](Cc1c[nH]c2ccccc12)C(=O)O.N[C@@H](Cc1c[nH]c2ccccc12)C(=O)O.N[C@@H](Cc1c[nH]c2ccccc12)C(=O)O.N[C@@H](Cc1ccccc1)C(=O)O. The number of halogens is 1. The first-order chi connectivity index (χ1) is 34.8. The molecule has 0 radical (unpaired) electrons. The molecular formula is C53H58BrN9O10. The van der Waals surface area contributed by atoms with Crippen LogP contribution in [0.2, 0.25) is 0 Å². The molecule has 0 saturated carbocycles. The van der Waals surface area contributed by atoms with E-state index >= 15 is 0 Å². The Morgan fingerprint density at radius 1 is 0.370 bits per heavy atom. The van der Waals surface area contributed by atoms with Gasteiger partial charge in [-0.25, -0.2) is 0 Å². The molecule has 0 saturated heterocycles. The number of carboxylic acid groups (broad SMARTS) is 5. The lowest BCUT2D eigenvalue weighted by Gasteiger charge is -2.04. The van der Waals surface area contributed by atoms with Crippen molar-refractivity contribution in [2.24, 2.45) is 28.7 Å². The molecule has 19 N–H and O–H groups in total. The van der Waals surface area contributed by atoms with Crippen LogP contribution in [-0.4, -0.2) is 106 Å². The first-order valence-electron chi connectivity index (χ1n) is 22.7. The lowest BCUT2D eigenvalue weighted by molar-refractivity contribution is -0.139.